The predicted octanol–water partition coefficient (Wildman–Crippen LogP) is 3.22. The second kappa shape index (κ2) is 7.09. The number of aryl methyl sites for hydroxylation is 2. The van der Waals surface area contributed by atoms with E-state index < -0.39 is 0 Å². The number of hydrogen-bond acceptors (Lipinski definition) is 2. The molecule has 1 aliphatic rings. The highest BCUT2D eigenvalue weighted by Crippen LogP contribution is 2.27. The Morgan fingerprint density at radius 3 is 2.53 bits per heavy atom. The maximum absolute atomic E-state index is 4.48. The minimum atomic E-state index is 0.623. The molecule has 3 heteroatoms. The van der Waals surface area contributed by atoms with Crippen LogP contribution in [0, 0.1) is 12.8 Å². The van der Waals surface area contributed by atoms with Gasteiger partial charge in [-0.15, -0.1) is 0 Å². The summed E-state index contributed by atoms with van der Waals surface area (Å²) in [4.78, 5) is 0. The van der Waals surface area contributed by atoms with Crippen molar-refractivity contribution in [3.8, 4) is 0 Å². The molecular weight excluding hydrogens is 234 g/mol. The molecule has 3 nitrogen and oxygen atoms in total. The van der Waals surface area contributed by atoms with Crippen molar-refractivity contribution in [2.75, 3.05) is 6.54 Å². The van der Waals surface area contributed by atoms with Crippen LogP contribution < -0.4 is 5.32 Å². The molecule has 0 aliphatic heterocycles. The molecule has 0 bridgehead atoms. The number of hydrogen-bond donors (Lipinski definition) is 1. The molecule has 1 heterocycles. The van der Waals surface area contributed by atoms with E-state index in [4.69, 9.17) is 0 Å². The van der Waals surface area contributed by atoms with Gasteiger partial charge in [-0.05, 0) is 38.3 Å². The van der Waals surface area contributed by atoms with E-state index in [0.717, 1.165) is 24.6 Å². The molecule has 2 rings (SSSR count). The van der Waals surface area contributed by atoms with E-state index in [1.54, 1.807) is 0 Å². The Bertz CT molecular complexity index is 375. The van der Waals surface area contributed by atoms with Crippen LogP contribution in [0.2, 0.25) is 0 Å². The van der Waals surface area contributed by atoms with E-state index in [-0.39, 0.29) is 0 Å². The summed E-state index contributed by atoms with van der Waals surface area (Å²) < 4.78 is 2.05. The van der Waals surface area contributed by atoms with Crippen LogP contribution in [0.4, 0.5) is 0 Å². The zero-order valence-corrected chi connectivity index (χ0v) is 12.8. The maximum Gasteiger partial charge on any atom is 0.0596 e. The highest BCUT2D eigenvalue weighted by molar-refractivity contribution is 5.10. The van der Waals surface area contributed by atoms with Crippen LogP contribution in [0.5, 0.6) is 0 Å². The van der Waals surface area contributed by atoms with Crippen molar-refractivity contribution < 1.29 is 0 Å². The first kappa shape index (κ1) is 14.6. The number of nitrogens with one attached hydrogen (secondary N) is 1. The quantitative estimate of drug-likeness (QED) is 0.827. The van der Waals surface area contributed by atoms with E-state index in [0.29, 0.717) is 6.04 Å². The Morgan fingerprint density at radius 1 is 1.32 bits per heavy atom. The Labute approximate surface area is 117 Å². The zero-order valence-electron chi connectivity index (χ0n) is 12.8. The van der Waals surface area contributed by atoms with Crippen LogP contribution in [0.25, 0.3) is 0 Å². The van der Waals surface area contributed by atoms with Gasteiger partial charge in [0.25, 0.3) is 0 Å². The molecule has 0 spiro atoms. The molecule has 0 amide bonds. The fraction of sp³-hybridized carbons (Fsp3) is 0.812. The molecule has 108 valence electrons. The lowest BCUT2D eigenvalue weighted by Crippen LogP contribution is -2.38. The zero-order chi connectivity index (χ0) is 13.7. The lowest BCUT2D eigenvalue weighted by Gasteiger charge is -2.27. The molecule has 0 aromatic carbocycles. The van der Waals surface area contributed by atoms with E-state index in [1.165, 1.54) is 44.2 Å². The van der Waals surface area contributed by atoms with Crippen molar-refractivity contribution in [2.45, 2.75) is 64.8 Å². The molecule has 1 aromatic rings. The van der Waals surface area contributed by atoms with Crippen LogP contribution in [0.15, 0.2) is 6.07 Å². The first-order valence-corrected chi connectivity index (χ1v) is 7.93. The Balaban J connectivity index is 2.04. The SMILES string of the molecule is CCNC(Cc1cc(C)nn1C)C1CCCCCC1. The van der Waals surface area contributed by atoms with Crippen molar-refractivity contribution in [1.29, 1.82) is 0 Å². The fourth-order valence-electron chi connectivity index (χ4n) is 3.46. The van der Waals surface area contributed by atoms with Gasteiger partial charge in [-0.1, -0.05) is 32.6 Å². The molecule has 0 radical (unpaired) electrons. The number of aromatic nitrogens is 2. The molecule has 0 saturated heterocycles. The van der Waals surface area contributed by atoms with Crippen molar-refractivity contribution in [3.05, 3.63) is 17.5 Å². The summed E-state index contributed by atoms with van der Waals surface area (Å²) in [6, 6.07) is 2.86. The average Bonchev–Trinajstić information content (AvgIpc) is 2.60. The molecule has 19 heavy (non-hydrogen) atoms. The van der Waals surface area contributed by atoms with Gasteiger partial charge in [-0.25, -0.2) is 0 Å². The van der Waals surface area contributed by atoms with Crippen LogP contribution in [-0.2, 0) is 13.5 Å². The van der Waals surface area contributed by atoms with Crippen molar-refractivity contribution in [1.82, 2.24) is 15.1 Å². The van der Waals surface area contributed by atoms with Gasteiger partial charge in [0.2, 0.25) is 0 Å². The highest BCUT2D eigenvalue weighted by Gasteiger charge is 2.23. The molecule has 1 aromatic heterocycles. The Morgan fingerprint density at radius 2 is 2.00 bits per heavy atom. The van der Waals surface area contributed by atoms with Crippen LogP contribution in [0.3, 0.4) is 0 Å². The summed E-state index contributed by atoms with van der Waals surface area (Å²) >= 11 is 0. The second-order valence-electron chi connectivity index (χ2n) is 6.02. The highest BCUT2D eigenvalue weighted by atomic mass is 15.3. The summed E-state index contributed by atoms with van der Waals surface area (Å²) in [6.45, 7) is 5.37. The lowest BCUT2D eigenvalue weighted by atomic mass is 9.89. The average molecular weight is 263 g/mol. The summed E-state index contributed by atoms with van der Waals surface area (Å²) in [5, 5.41) is 8.20. The molecule has 1 atom stereocenters. The molecule has 1 aliphatic carbocycles. The summed E-state index contributed by atoms with van der Waals surface area (Å²) in [5.41, 5.74) is 2.50. The molecule has 1 unspecified atom stereocenters. The topological polar surface area (TPSA) is 29.9 Å². The molecule has 1 fully saturated rings. The van der Waals surface area contributed by atoms with Crippen molar-refractivity contribution >= 4 is 0 Å². The predicted molar refractivity (Wildman–Crippen MR) is 80.3 cm³/mol. The standard InChI is InChI=1S/C16H29N3/c1-4-17-16(14-9-7-5-6-8-10-14)12-15-11-13(2)18-19(15)3/h11,14,16-17H,4-10,12H2,1-3H3. The van der Waals surface area contributed by atoms with E-state index in [2.05, 4.69) is 42.1 Å². The van der Waals surface area contributed by atoms with E-state index in [1.807, 2.05) is 0 Å². The minimum absolute atomic E-state index is 0.623. The maximum atomic E-state index is 4.48. The Hall–Kier alpha value is -0.830. The van der Waals surface area contributed by atoms with Gasteiger partial charge in [-0.3, -0.25) is 4.68 Å². The van der Waals surface area contributed by atoms with Crippen LogP contribution in [0.1, 0.15) is 56.8 Å². The molecular formula is C16H29N3. The van der Waals surface area contributed by atoms with Gasteiger partial charge in [0.1, 0.15) is 0 Å². The van der Waals surface area contributed by atoms with Gasteiger partial charge in [0.15, 0.2) is 0 Å². The van der Waals surface area contributed by atoms with E-state index >= 15 is 0 Å². The number of nitrogens with zero attached hydrogens (tertiary/aromatic N) is 2. The third-order valence-corrected chi connectivity index (χ3v) is 4.46. The van der Waals surface area contributed by atoms with Crippen molar-refractivity contribution in [2.24, 2.45) is 13.0 Å². The van der Waals surface area contributed by atoms with Gasteiger partial charge in [0, 0.05) is 25.2 Å². The fourth-order valence-corrected chi connectivity index (χ4v) is 3.46. The lowest BCUT2D eigenvalue weighted by molar-refractivity contribution is 0.317. The second-order valence-corrected chi connectivity index (χ2v) is 6.02. The van der Waals surface area contributed by atoms with Gasteiger partial charge < -0.3 is 5.32 Å². The van der Waals surface area contributed by atoms with Crippen LogP contribution in [-0.4, -0.2) is 22.4 Å². The number of likely N-dealkylation sites (N-methyl/N-ethyl adjacent to an activating group) is 1. The monoisotopic (exact) mass is 263 g/mol. The summed E-state index contributed by atoms with van der Waals surface area (Å²) in [5.74, 6) is 0.845. The first-order chi connectivity index (χ1) is 9.20. The Kier molecular flexibility index (Phi) is 5.44. The largest absolute Gasteiger partial charge is 0.314 e. The third-order valence-electron chi connectivity index (χ3n) is 4.46. The van der Waals surface area contributed by atoms with Gasteiger partial charge in [0.05, 0.1) is 5.69 Å². The summed E-state index contributed by atoms with van der Waals surface area (Å²) in [6.07, 6.45) is 9.60. The molecule has 1 saturated carbocycles. The van der Waals surface area contributed by atoms with Gasteiger partial charge in [-0.2, -0.15) is 5.10 Å². The van der Waals surface area contributed by atoms with Crippen LogP contribution >= 0.6 is 0 Å². The molecule has 1 N–H and O–H groups in total. The first-order valence-electron chi connectivity index (χ1n) is 7.93. The normalized spacial score (nSPS) is 19.3. The smallest absolute Gasteiger partial charge is 0.0596 e. The van der Waals surface area contributed by atoms with Gasteiger partial charge >= 0.3 is 0 Å². The van der Waals surface area contributed by atoms with Crippen molar-refractivity contribution in [3.63, 3.8) is 0 Å². The minimum Gasteiger partial charge on any atom is -0.314 e. The summed E-state index contributed by atoms with van der Waals surface area (Å²) in [7, 11) is 2.07. The van der Waals surface area contributed by atoms with E-state index in [9.17, 15) is 0 Å². The number of rotatable bonds is 5. The third kappa shape index (κ3) is 4.07.